The lowest BCUT2D eigenvalue weighted by molar-refractivity contribution is 0.866. The summed E-state index contributed by atoms with van der Waals surface area (Å²) >= 11 is 3.42. The van der Waals surface area contributed by atoms with Gasteiger partial charge < -0.3 is 16.8 Å². The maximum atomic E-state index is 5.91. The molecule has 2 heterocycles. The highest BCUT2D eigenvalue weighted by atomic mass is 79.9. The van der Waals surface area contributed by atoms with Gasteiger partial charge in [-0.1, -0.05) is 15.9 Å². The van der Waals surface area contributed by atoms with E-state index in [4.69, 9.17) is 11.5 Å². The Morgan fingerprint density at radius 3 is 2.90 bits per heavy atom. The molecular formula is C13H13BrN6. The summed E-state index contributed by atoms with van der Waals surface area (Å²) in [5.74, 6) is 0.457. The largest absolute Gasteiger partial charge is 0.397 e. The van der Waals surface area contributed by atoms with Gasteiger partial charge in [-0.25, -0.2) is 9.50 Å². The smallest absolute Gasteiger partial charge is 0.155 e. The molecule has 3 aromatic rings. The predicted molar refractivity (Wildman–Crippen MR) is 83.3 cm³/mol. The number of fused-ring (bicyclic) bond motifs is 1. The molecule has 0 radical (unpaired) electrons. The molecule has 6 nitrogen and oxygen atoms in total. The Morgan fingerprint density at radius 2 is 2.05 bits per heavy atom. The number of nitrogen functional groups attached to an aromatic ring is 2. The normalized spacial score (nSPS) is 10.8. The number of benzene rings is 1. The van der Waals surface area contributed by atoms with Crippen LogP contribution in [0.2, 0.25) is 0 Å². The second-order valence-electron chi connectivity index (χ2n) is 4.38. The lowest BCUT2D eigenvalue weighted by atomic mass is 10.2. The highest BCUT2D eigenvalue weighted by Crippen LogP contribution is 2.23. The molecule has 0 unspecified atom stereocenters. The van der Waals surface area contributed by atoms with Crippen LogP contribution >= 0.6 is 15.9 Å². The molecule has 0 saturated heterocycles. The highest BCUT2D eigenvalue weighted by molar-refractivity contribution is 9.10. The van der Waals surface area contributed by atoms with Crippen LogP contribution < -0.4 is 16.8 Å². The molecular weight excluding hydrogens is 320 g/mol. The van der Waals surface area contributed by atoms with Crippen molar-refractivity contribution in [1.82, 2.24) is 14.6 Å². The summed E-state index contributed by atoms with van der Waals surface area (Å²) in [6.45, 7) is 0.564. The number of halogens is 1. The maximum Gasteiger partial charge on any atom is 0.155 e. The van der Waals surface area contributed by atoms with Crippen LogP contribution in [-0.2, 0) is 6.54 Å². The third kappa shape index (κ3) is 2.53. The molecule has 2 aromatic heterocycles. The van der Waals surface area contributed by atoms with Crippen LogP contribution in [0.1, 0.15) is 5.69 Å². The summed E-state index contributed by atoms with van der Waals surface area (Å²) in [6.07, 6.45) is 1.69. The molecule has 0 aliphatic rings. The van der Waals surface area contributed by atoms with Crippen LogP contribution in [0.15, 0.2) is 41.0 Å². The highest BCUT2D eigenvalue weighted by Gasteiger charge is 2.03. The van der Waals surface area contributed by atoms with E-state index in [1.54, 1.807) is 10.7 Å². The van der Waals surface area contributed by atoms with Crippen molar-refractivity contribution >= 4 is 38.8 Å². The van der Waals surface area contributed by atoms with E-state index in [0.717, 1.165) is 21.5 Å². The molecule has 0 aliphatic carbocycles. The Kier molecular flexibility index (Phi) is 3.19. The Bertz CT molecular complexity index is 767. The number of aromatic nitrogens is 3. The van der Waals surface area contributed by atoms with Crippen molar-refractivity contribution in [2.75, 3.05) is 16.8 Å². The van der Waals surface area contributed by atoms with Crippen molar-refractivity contribution in [2.24, 2.45) is 0 Å². The first-order chi connectivity index (χ1) is 9.61. The average molecular weight is 333 g/mol. The summed E-state index contributed by atoms with van der Waals surface area (Å²) in [5, 5.41) is 7.68. The standard InChI is InChI=1S/C13H13BrN6/c14-8-1-3-10(15)11(5-8)17-6-9-2-4-13-18-12(16)7-20(13)19-9/h1-5,7,17H,6,15-16H2. The molecule has 0 atom stereocenters. The zero-order valence-corrected chi connectivity index (χ0v) is 12.1. The Hall–Kier alpha value is -2.28. The third-order valence-electron chi connectivity index (χ3n) is 2.87. The second-order valence-corrected chi connectivity index (χ2v) is 5.29. The number of hydrogen-bond donors (Lipinski definition) is 3. The number of anilines is 3. The minimum atomic E-state index is 0.457. The zero-order valence-electron chi connectivity index (χ0n) is 10.5. The number of hydrogen-bond acceptors (Lipinski definition) is 5. The molecule has 0 bridgehead atoms. The van der Waals surface area contributed by atoms with E-state index in [0.29, 0.717) is 18.1 Å². The first-order valence-electron chi connectivity index (χ1n) is 6.01. The summed E-state index contributed by atoms with van der Waals surface area (Å²) in [6, 6.07) is 9.47. The van der Waals surface area contributed by atoms with E-state index in [-0.39, 0.29) is 0 Å². The van der Waals surface area contributed by atoms with Crippen molar-refractivity contribution in [3.63, 3.8) is 0 Å². The average Bonchev–Trinajstić information content (AvgIpc) is 2.79. The Balaban J connectivity index is 1.80. The van der Waals surface area contributed by atoms with E-state index in [9.17, 15) is 0 Å². The van der Waals surface area contributed by atoms with Crippen molar-refractivity contribution in [3.8, 4) is 0 Å². The van der Waals surface area contributed by atoms with E-state index in [1.807, 2.05) is 30.3 Å². The van der Waals surface area contributed by atoms with Gasteiger partial charge in [0.1, 0.15) is 5.82 Å². The van der Waals surface area contributed by atoms with Gasteiger partial charge in [0.2, 0.25) is 0 Å². The van der Waals surface area contributed by atoms with Gasteiger partial charge >= 0.3 is 0 Å². The van der Waals surface area contributed by atoms with Crippen molar-refractivity contribution < 1.29 is 0 Å². The van der Waals surface area contributed by atoms with Crippen LogP contribution in [0.4, 0.5) is 17.2 Å². The van der Waals surface area contributed by atoms with Crippen LogP contribution in [0.3, 0.4) is 0 Å². The molecule has 0 fully saturated rings. The van der Waals surface area contributed by atoms with Gasteiger partial charge in [-0.15, -0.1) is 0 Å². The predicted octanol–water partition coefficient (Wildman–Crippen LogP) is 2.27. The Morgan fingerprint density at radius 1 is 1.20 bits per heavy atom. The van der Waals surface area contributed by atoms with E-state index >= 15 is 0 Å². The molecule has 3 rings (SSSR count). The molecule has 0 aliphatic heterocycles. The monoisotopic (exact) mass is 332 g/mol. The quantitative estimate of drug-likeness (QED) is 0.639. The van der Waals surface area contributed by atoms with Crippen LogP contribution in [0.5, 0.6) is 0 Å². The van der Waals surface area contributed by atoms with E-state index in [1.165, 1.54) is 0 Å². The van der Waals surface area contributed by atoms with Gasteiger partial charge in [-0.2, -0.15) is 5.10 Å². The Labute approximate surface area is 123 Å². The second kappa shape index (κ2) is 5.01. The number of nitrogens with one attached hydrogen (secondary N) is 1. The number of rotatable bonds is 3. The third-order valence-corrected chi connectivity index (χ3v) is 3.36. The van der Waals surface area contributed by atoms with Gasteiger partial charge in [-0.3, -0.25) is 0 Å². The fourth-order valence-corrected chi connectivity index (χ4v) is 2.26. The molecule has 0 spiro atoms. The topological polar surface area (TPSA) is 94.3 Å². The summed E-state index contributed by atoms with van der Waals surface area (Å²) in [4.78, 5) is 4.13. The molecule has 20 heavy (non-hydrogen) atoms. The summed E-state index contributed by atoms with van der Waals surface area (Å²) in [5.41, 5.74) is 14.7. The maximum absolute atomic E-state index is 5.91. The fraction of sp³-hybridized carbons (Fsp3) is 0.0769. The minimum absolute atomic E-state index is 0.457. The summed E-state index contributed by atoms with van der Waals surface area (Å²) < 4.78 is 2.64. The number of nitrogens with zero attached hydrogens (tertiary/aromatic N) is 3. The minimum Gasteiger partial charge on any atom is -0.397 e. The molecule has 1 aromatic carbocycles. The molecule has 7 heteroatoms. The zero-order chi connectivity index (χ0) is 14.1. The lowest BCUT2D eigenvalue weighted by Gasteiger charge is -2.09. The van der Waals surface area contributed by atoms with Crippen molar-refractivity contribution in [1.29, 1.82) is 0 Å². The van der Waals surface area contributed by atoms with Gasteiger partial charge in [0.15, 0.2) is 5.65 Å². The molecule has 102 valence electrons. The van der Waals surface area contributed by atoms with Gasteiger partial charge in [0.05, 0.1) is 29.8 Å². The van der Waals surface area contributed by atoms with E-state index in [2.05, 4.69) is 31.3 Å². The van der Waals surface area contributed by atoms with Crippen LogP contribution in [-0.4, -0.2) is 14.6 Å². The van der Waals surface area contributed by atoms with Gasteiger partial charge in [0.25, 0.3) is 0 Å². The van der Waals surface area contributed by atoms with Crippen molar-refractivity contribution in [2.45, 2.75) is 6.54 Å². The van der Waals surface area contributed by atoms with Crippen molar-refractivity contribution in [3.05, 3.63) is 46.7 Å². The number of nitrogens with two attached hydrogens (primary N) is 2. The molecule has 0 saturated carbocycles. The first-order valence-corrected chi connectivity index (χ1v) is 6.81. The van der Waals surface area contributed by atoms with Gasteiger partial charge in [-0.05, 0) is 30.3 Å². The van der Waals surface area contributed by atoms with Crippen LogP contribution in [0, 0.1) is 0 Å². The fourth-order valence-electron chi connectivity index (χ4n) is 1.90. The summed E-state index contributed by atoms with van der Waals surface area (Å²) in [7, 11) is 0. The lowest BCUT2D eigenvalue weighted by Crippen LogP contribution is -2.06. The van der Waals surface area contributed by atoms with E-state index < -0.39 is 0 Å². The number of imidazole rings is 1. The van der Waals surface area contributed by atoms with Crippen LogP contribution in [0.25, 0.3) is 5.65 Å². The van der Waals surface area contributed by atoms with Gasteiger partial charge in [0, 0.05) is 4.47 Å². The first kappa shape index (κ1) is 12.7. The SMILES string of the molecule is Nc1cn2nc(CNc3cc(Br)ccc3N)ccc2n1. The molecule has 0 amide bonds. The molecule has 5 N–H and O–H groups in total.